The van der Waals surface area contributed by atoms with Gasteiger partial charge < -0.3 is 15.4 Å². The van der Waals surface area contributed by atoms with Crippen molar-refractivity contribution in [3.63, 3.8) is 0 Å². The molecule has 2 N–H and O–H groups in total. The molecule has 0 aliphatic rings. The Bertz CT molecular complexity index is 952. The number of nitrogens with zero attached hydrogens (tertiary/aromatic N) is 1. The maximum absolute atomic E-state index is 12.5. The molecule has 0 fully saturated rings. The van der Waals surface area contributed by atoms with Crippen LogP contribution in [0.15, 0.2) is 60.8 Å². The van der Waals surface area contributed by atoms with E-state index in [1.807, 2.05) is 38.1 Å². The number of benzene rings is 2. The minimum Gasteiger partial charge on any atom is -0.497 e. The number of aromatic nitrogens is 1. The zero-order chi connectivity index (χ0) is 19.9. The van der Waals surface area contributed by atoms with Crippen LogP contribution in [0.3, 0.4) is 0 Å². The number of hydrogen-bond acceptors (Lipinski definition) is 4. The first kappa shape index (κ1) is 19.4. The van der Waals surface area contributed by atoms with Crippen LogP contribution in [0.2, 0.25) is 0 Å². The van der Waals surface area contributed by atoms with E-state index in [-0.39, 0.29) is 5.91 Å². The average molecular weight is 375 g/mol. The minimum atomic E-state index is -0.111. The minimum absolute atomic E-state index is 0.111. The van der Waals surface area contributed by atoms with Crippen molar-refractivity contribution in [3.8, 4) is 5.75 Å². The van der Waals surface area contributed by atoms with Gasteiger partial charge in [-0.1, -0.05) is 24.3 Å². The predicted molar refractivity (Wildman–Crippen MR) is 112 cm³/mol. The summed E-state index contributed by atoms with van der Waals surface area (Å²) in [7, 11) is 1.65. The monoisotopic (exact) mass is 375 g/mol. The van der Waals surface area contributed by atoms with Crippen LogP contribution < -0.4 is 15.4 Å². The molecule has 3 aromatic rings. The Morgan fingerprint density at radius 2 is 1.82 bits per heavy atom. The van der Waals surface area contributed by atoms with Crippen molar-refractivity contribution in [2.24, 2.45) is 0 Å². The Morgan fingerprint density at radius 3 is 2.57 bits per heavy atom. The highest BCUT2D eigenvalue weighted by molar-refractivity contribution is 5.94. The van der Waals surface area contributed by atoms with E-state index in [0.717, 1.165) is 29.0 Å². The quantitative estimate of drug-likeness (QED) is 0.641. The standard InChI is InChI=1S/C23H25N3O2/c1-16-4-5-17(2)21(14-16)26-22-15-19(11-13-24-22)23(27)25-12-10-18-6-8-20(28-3)9-7-18/h4-9,11,13-15H,10,12H2,1-3H3,(H,24,26)(H,25,27). The highest BCUT2D eigenvalue weighted by Gasteiger charge is 2.08. The molecule has 0 aliphatic carbocycles. The summed E-state index contributed by atoms with van der Waals surface area (Å²) in [6.07, 6.45) is 2.40. The Labute approximate surface area is 165 Å². The van der Waals surface area contributed by atoms with Gasteiger partial charge in [0.05, 0.1) is 7.11 Å². The van der Waals surface area contributed by atoms with Gasteiger partial charge >= 0.3 is 0 Å². The van der Waals surface area contributed by atoms with Crippen LogP contribution in [0.1, 0.15) is 27.0 Å². The molecule has 0 saturated heterocycles. The van der Waals surface area contributed by atoms with Crippen molar-refractivity contribution in [2.45, 2.75) is 20.3 Å². The number of amides is 1. The maximum Gasteiger partial charge on any atom is 0.251 e. The maximum atomic E-state index is 12.5. The van der Waals surface area contributed by atoms with Crippen LogP contribution in [0.25, 0.3) is 0 Å². The molecule has 0 spiro atoms. The fourth-order valence-electron chi connectivity index (χ4n) is 2.86. The molecule has 0 atom stereocenters. The van der Waals surface area contributed by atoms with Crippen molar-refractivity contribution in [2.75, 3.05) is 19.0 Å². The number of hydrogen-bond donors (Lipinski definition) is 2. The van der Waals surface area contributed by atoms with Gasteiger partial charge in [-0.15, -0.1) is 0 Å². The Morgan fingerprint density at radius 1 is 1.04 bits per heavy atom. The second-order valence-electron chi connectivity index (χ2n) is 6.73. The third-order valence-electron chi connectivity index (χ3n) is 4.54. The molecule has 0 unspecified atom stereocenters. The summed E-state index contributed by atoms with van der Waals surface area (Å²) in [5.74, 6) is 1.37. The predicted octanol–water partition coefficient (Wildman–Crippen LogP) is 4.42. The molecule has 28 heavy (non-hydrogen) atoms. The van der Waals surface area contributed by atoms with Crippen molar-refractivity contribution >= 4 is 17.4 Å². The lowest BCUT2D eigenvalue weighted by Crippen LogP contribution is -2.25. The van der Waals surface area contributed by atoms with Gasteiger partial charge in [0.25, 0.3) is 5.91 Å². The largest absolute Gasteiger partial charge is 0.497 e. The molecule has 1 amide bonds. The van der Waals surface area contributed by atoms with E-state index in [1.165, 1.54) is 5.56 Å². The molecule has 5 nitrogen and oxygen atoms in total. The van der Waals surface area contributed by atoms with Crippen molar-refractivity contribution in [3.05, 3.63) is 83.0 Å². The SMILES string of the molecule is COc1ccc(CCNC(=O)c2ccnc(Nc3cc(C)ccc3C)c2)cc1. The van der Waals surface area contributed by atoms with Gasteiger partial charge in [0.2, 0.25) is 0 Å². The number of carbonyl (C=O) groups excluding carboxylic acids is 1. The number of aryl methyl sites for hydroxylation is 2. The number of rotatable bonds is 7. The van der Waals surface area contributed by atoms with Gasteiger partial charge in [-0.3, -0.25) is 4.79 Å². The fraction of sp³-hybridized carbons (Fsp3) is 0.217. The van der Waals surface area contributed by atoms with Gasteiger partial charge in [-0.05, 0) is 67.3 Å². The summed E-state index contributed by atoms with van der Waals surface area (Å²) < 4.78 is 5.16. The fourth-order valence-corrected chi connectivity index (χ4v) is 2.86. The third kappa shape index (κ3) is 5.10. The topological polar surface area (TPSA) is 63.2 Å². The molecule has 3 rings (SSSR count). The first-order valence-corrected chi connectivity index (χ1v) is 9.26. The average Bonchev–Trinajstić information content (AvgIpc) is 2.71. The Kier molecular flexibility index (Phi) is 6.27. The smallest absolute Gasteiger partial charge is 0.251 e. The van der Waals surface area contributed by atoms with Crippen LogP contribution in [-0.4, -0.2) is 24.5 Å². The van der Waals surface area contributed by atoms with E-state index in [4.69, 9.17) is 4.74 Å². The van der Waals surface area contributed by atoms with Gasteiger partial charge in [0, 0.05) is 24.0 Å². The number of pyridine rings is 1. The van der Waals surface area contributed by atoms with E-state index in [2.05, 4.69) is 33.8 Å². The Hall–Kier alpha value is -3.34. The lowest BCUT2D eigenvalue weighted by atomic mass is 10.1. The molecule has 0 radical (unpaired) electrons. The van der Waals surface area contributed by atoms with Crippen LogP contribution >= 0.6 is 0 Å². The zero-order valence-corrected chi connectivity index (χ0v) is 16.5. The molecule has 1 heterocycles. The van der Waals surface area contributed by atoms with Gasteiger partial charge in [-0.2, -0.15) is 0 Å². The highest BCUT2D eigenvalue weighted by atomic mass is 16.5. The summed E-state index contributed by atoms with van der Waals surface area (Å²) in [6.45, 7) is 4.65. The highest BCUT2D eigenvalue weighted by Crippen LogP contribution is 2.21. The second kappa shape index (κ2) is 9.04. The van der Waals surface area contributed by atoms with Crippen LogP contribution in [0.4, 0.5) is 11.5 Å². The normalized spacial score (nSPS) is 10.4. The third-order valence-corrected chi connectivity index (χ3v) is 4.54. The van der Waals surface area contributed by atoms with E-state index in [0.29, 0.717) is 17.9 Å². The van der Waals surface area contributed by atoms with E-state index in [1.54, 1.807) is 25.4 Å². The van der Waals surface area contributed by atoms with E-state index >= 15 is 0 Å². The molecule has 0 aliphatic heterocycles. The summed E-state index contributed by atoms with van der Waals surface area (Å²) in [5, 5.41) is 6.26. The lowest BCUT2D eigenvalue weighted by Gasteiger charge is -2.11. The number of nitrogens with one attached hydrogen (secondary N) is 2. The van der Waals surface area contributed by atoms with Crippen LogP contribution in [-0.2, 0) is 6.42 Å². The molecule has 0 bridgehead atoms. The van der Waals surface area contributed by atoms with Crippen molar-refractivity contribution in [1.82, 2.24) is 10.3 Å². The van der Waals surface area contributed by atoms with Crippen molar-refractivity contribution in [1.29, 1.82) is 0 Å². The molecule has 0 saturated carbocycles. The molecular weight excluding hydrogens is 350 g/mol. The number of anilines is 2. The van der Waals surface area contributed by atoms with Gasteiger partial charge in [-0.25, -0.2) is 4.98 Å². The zero-order valence-electron chi connectivity index (χ0n) is 16.5. The number of carbonyl (C=O) groups is 1. The van der Waals surface area contributed by atoms with Gasteiger partial charge in [0.15, 0.2) is 0 Å². The molecule has 5 heteroatoms. The Balaban J connectivity index is 1.59. The summed E-state index contributed by atoms with van der Waals surface area (Å²) in [6, 6.07) is 17.5. The number of methoxy groups -OCH3 is 1. The van der Waals surface area contributed by atoms with Crippen molar-refractivity contribution < 1.29 is 9.53 Å². The van der Waals surface area contributed by atoms with Gasteiger partial charge in [0.1, 0.15) is 11.6 Å². The summed E-state index contributed by atoms with van der Waals surface area (Å²) in [4.78, 5) is 16.8. The number of ether oxygens (including phenoxy) is 1. The summed E-state index contributed by atoms with van der Waals surface area (Å²) >= 11 is 0. The molecule has 1 aromatic heterocycles. The lowest BCUT2D eigenvalue weighted by molar-refractivity contribution is 0.0954. The van der Waals surface area contributed by atoms with Crippen LogP contribution in [0.5, 0.6) is 5.75 Å². The molecular formula is C23H25N3O2. The first-order chi connectivity index (χ1) is 13.5. The summed E-state index contributed by atoms with van der Waals surface area (Å²) in [5.41, 5.74) is 5.01. The van der Waals surface area contributed by atoms with E-state index < -0.39 is 0 Å². The molecule has 144 valence electrons. The van der Waals surface area contributed by atoms with E-state index in [9.17, 15) is 4.79 Å². The van der Waals surface area contributed by atoms with Crippen LogP contribution in [0, 0.1) is 13.8 Å². The first-order valence-electron chi connectivity index (χ1n) is 9.26. The molecule has 2 aromatic carbocycles. The second-order valence-corrected chi connectivity index (χ2v) is 6.73.